The molecule has 2 fully saturated rings. The number of carbonyl (C=O) groups is 1. The number of methoxy groups -OCH3 is 1. The van der Waals surface area contributed by atoms with Crippen molar-refractivity contribution in [2.45, 2.75) is 44.0 Å². The van der Waals surface area contributed by atoms with Crippen LogP contribution in [0.25, 0.3) is 0 Å². The second kappa shape index (κ2) is 4.31. The Morgan fingerprint density at radius 2 is 2.38 bits per heavy atom. The van der Waals surface area contributed by atoms with E-state index in [-0.39, 0.29) is 25.2 Å². The Morgan fingerprint density at radius 1 is 1.62 bits per heavy atom. The van der Waals surface area contributed by atoms with Gasteiger partial charge in [0.25, 0.3) is 0 Å². The Kier molecular flexibility index (Phi) is 3.19. The van der Waals surface area contributed by atoms with E-state index < -0.39 is 17.5 Å². The molecule has 0 radical (unpaired) electrons. The molecule has 4 unspecified atom stereocenters. The van der Waals surface area contributed by atoms with Crippen molar-refractivity contribution >= 4 is 5.97 Å². The summed E-state index contributed by atoms with van der Waals surface area (Å²) in [5.74, 6) is -0.852. The van der Waals surface area contributed by atoms with Crippen molar-refractivity contribution in [3.05, 3.63) is 0 Å². The van der Waals surface area contributed by atoms with Crippen LogP contribution in [0.4, 0.5) is 0 Å². The lowest BCUT2D eigenvalue weighted by atomic mass is 9.70. The highest BCUT2D eigenvalue weighted by molar-refractivity contribution is 5.76. The molecule has 0 aliphatic carbocycles. The third-order valence-electron chi connectivity index (χ3n) is 3.70. The molecule has 0 spiro atoms. The molecule has 2 rings (SSSR count). The number of rotatable bonds is 5. The minimum Gasteiger partial charge on any atom is -0.481 e. The van der Waals surface area contributed by atoms with Crippen molar-refractivity contribution in [1.82, 2.24) is 0 Å². The van der Waals surface area contributed by atoms with Gasteiger partial charge in [-0.15, -0.1) is 0 Å². The quantitative estimate of drug-likeness (QED) is 0.715. The number of aliphatic hydroxyl groups is 1. The molecule has 2 saturated heterocycles. The summed E-state index contributed by atoms with van der Waals surface area (Å²) in [7, 11) is 1.49. The zero-order chi connectivity index (χ0) is 11.8. The molecular formula is C11H18O5. The molecule has 16 heavy (non-hydrogen) atoms. The van der Waals surface area contributed by atoms with Gasteiger partial charge in [0.15, 0.2) is 0 Å². The first kappa shape index (κ1) is 11.8. The third kappa shape index (κ3) is 1.83. The summed E-state index contributed by atoms with van der Waals surface area (Å²) >= 11 is 0. The largest absolute Gasteiger partial charge is 0.481 e. The molecule has 0 amide bonds. The molecule has 2 aliphatic heterocycles. The Morgan fingerprint density at radius 3 is 2.81 bits per heavy atom. The summed E-state index contributed by atoms with van der Waals surface area (Å²) in [6, 6.07) is 0. The molecule has 5 nitrogen and oxygen atoms in total. The molecule has 2 heterocycles. The summed E-state index contributed by atoms with van der Waals surface area (Å²) < 4.78 is 10.4. The van der Waals surface area contributed by atoms with Gasteiger partial charge in [-0.25, -0.2) is 0 Å². The smallest absolute Gasteiger partial charge is 0.312 e. The highest BCUT2D eigenvalue weighted by Crippen LogP contribution is 2.50. The molecule has 92 valence electrons. The van der Waals surface area contributed by atoms with E-state index in [0.717, 1.165) is 12.8 Å². The second-order valence-corrected chi connectivity index (χ2v) is 4.80. The molecular weight excluding hydrogens is 212 g/mol. The fourth-order valence-corrected chi connectivity index (χ4v) is 3.00. The normalized spacial score (nSPS) is 38.9. The summed E-state index contributed by atoms with van der Waals surface area (Å²) in [6.07, 6.45) is 1.57. The average Bonchev–Trinajstić information content (AvgIpc) is 2.77. The summed E-state index contributed by atoms with van der Waals surface area (Å²) in [5.41, 5.74) is -0.902. The molecule has 5 heteroatoms. The number of carboxylic acids is 1. The van der Waals surface area contributed by atoms with Crippen LogP contribution in [0.15, 0.2) is 0 Å². The van der Waals surface area contributed by atoms with E-state index >= 15 is 0 Å². The first-order valence-corrected chi connectivity index (χ1v) is 5.64. The van der Waals surface area contributed by atoms with Crippen molar-refractivity contribution in [2.75, 3.05) is 13.7 Å². The molecule has 2 bridgehead atoms. The first-order chi connectivity index (χ1) is 7.58. The number of aliphatic carboxylic acids is 1. The van der Waals surface area contributed by atoms with E-state index in [1.54, 1.807) is 0 Å². The van der Waals surface area contributed by atoms with Crippen LogP contribution in [-0.2, 0) is 14.3 Å². The van der Waals surface area contributed by atoms with Gasteiger partial charge in [0, 0.05) is 7.11 Å². The fraction of sp³-hybridized carbons (Fsp3) is 0.909. The first-order valence-electron chi connectivity index (χ1n) is 5.64. The number of hydrogen-bond acceptors (Lipinski definition) is 4. The maximum atomic E-state index is 11.4. The number of carboxylic acid groups (broad SMARTS) is 1. The van der Waals surface area contributed by atoms with E-state index in [4.69, 9.17) is 9.47 Å². The predicted molar refractivity (Wildman–Crippen MR) is 55.1 cm³/mol. The van der Waals surface area contributed by atoms with E-state index in [0.29, 0.717) is 6.42 Å². The van der Waals surface area contributed by atoms with Crippen LogP contribution in [-0.4, -0.2) is 48.2 Å². The van der Waals surface area contributed by atoms with Crippen LogP contribution in [0.5, 0.6) is 0 Å². The lowest BCUT2D eigenvalue weighted by molar-refractivity contribution is -0.155. The van der Waals surface area contributed by atoms with Crippen LogP contribution in [0.1, 0.15) is 25.7 Å². The molecule has 0 aromatic heterocycles. The summed E-state index contributed by atoms with van der Waals surface area (Å²) in [6.45, 7) is 0.173. The van der Waals surface area contributed by atoms with Gasteiger partial charge in [-0.2, -0.15) is 0 Å². The highest BCUT2D eigenvalue weighted by Gasteiger charge is 2.57. The van der Waals surface area contributed by atoms with Crippen LogP contribution in [0, 0.1) is 5.41 Å². The van der Waals surface area contributed by atoms with Crippen LogP contribution in [0.3, 0.4) is 0 Å². The van der Waals surface area contributed by atoms with Crippen molar-refractivity contribution in [3.63, 3.8) is 0 Å². The van der Waals surface area contributed by atoms with Crippen LogP contribution in [0.2, 0.25) is 0 Å². The minimum absolute atomic E-state index is 0.0656. The van der Waals surface area contributed by atoms with E-state index in [2.05, 4.69) is 0 Å². The second-order valence-electron chi connectivity index (χ2n) is 4.80. The zero-order valence-corrected chi connectivity index (χ0v) is 9.39. The van der Waals surface area contributed by atoms with Crippen molar-refractivity contribution in [3.8, 4) is 0 Å². The van der Waals surface area contributed by atoms with Crippen molar-refractivity contribution < 1.29 is 24.5 Å². The molecule has 4 atom stereocenters. The van der Waals surface area contributed by atoms with Gasteiger partial charge in [0.05, 0.1) is 30.3 Å². The molecule has 2 aliphatic rings. The Balaban J connectivity index is 2.08. The van der Waals surface area contributed by atoms with Gasteiger partial charge in [-0.05, 0) is 25.7 Å². The fourth-order valence-electron chi connectivity index (χ4n) is 3.00. The van der Waals surface area contributed by atoms with E-state index in [1.807, 2.05) is 0 Å². The molecule has 0 aromatic rings. The Hall–Kier alpha value is -0.650. The predicted octanol–water partition coefficient (Wildman–Crippen LogP) is 0.406. The van der Waals surface area contributed by atoms with Gasteiger partial charge in [-0.1, -0.05) is 0 Å². The maximum Gasteiger partial charge on any atom is 0.312 e. The van der Waals surface area contributed by atoms with Gasteiger partial charge >= 0.3 is 5.97 Å². The number of fused-ring (bicyclic) bond motifs is 2. The number of ether oxygens (including phenoxy) is 2. The highest BCUT2D eigenvalue weighted by atomic mass is 16.5. The van der Waals surface area contributed by atoms with Crippen molar-refractivity contribution in [2.24, 2.45) is 5.41 Å². The van der Waals surface area contributed by atoms with Crippen molar-refractivity contribution in [1.29, 1.82) is 0 Å². The summed E-state index contributed by atoms with van der Waals surface area (Å²) in [4.78, 5) is 11.4. The van der Waals surface area contributed by atoms with E-state index in [1.165, 1.54) is 7.11 Å². The van der Waals surface area contributed by atoms with Gasteiger partial charge in [-0.3, -0.25) is 4.79 Å². The summed E-state index contributed by atoms with van der Waals surface area (Å²) in [5, 5.41) is 19.1. The monoisotopic (exact) mass is 230 g/mol. The zero-order valence-electron chi connectivity index (χ0n) is 9.39. The topological polar surface area (TPSA) is 76.0 Å². The molecule has 0 aromatic carbocycles. The van der Waals surface area contributed by atoms with Crippen LogP contribution < -0.4 is 0 Å². The van der Waals surface area contributed by atoms with Gasteiger partial charge < -0.3 is 19.7 Å². The maximum absolute atomic E-state index is 11.4. The lowest BCUT2D eigenvalue weighted by Gasteiger charge is -2.32. The van der Waals surface area contributed by atoms with Crippen LogP contribution >= 0.6 is 0 Å². The average molecular weight is 230 g/mol. The molecule has 2 N–H and O–H groups in total. The van der Waals surface area contributed by atoms with Gasteiger partial charge in [0.2, 0.25) is 0 Å². The molecule has 0 saturated carbocycles. The lowest BCUT2D eigenvalue weighted by Crippen LogP contribution is -2.43. The minimum atomic E-state index is -0.902. The number of aliphatic hydroxyl groups excluding tert-OH is 1. The van der Waals surface area contributed by atoms with Gasteiger partial charge in [0.1, 0.15) is 0 Å². The van der Waals surface area contributed by atoms with E-state index in [9.17, 15) is 15.0 Å². The Bertz CT molecular complexity index is 280. The third-order valence-corrected chi connectivity index (χ3v) is 3.70. The Labute approximate surface area is 94.4 Å². The standard InChI is InChI=1S/C11H18O5/c1-15-6-7(12)4-11(10(13)14)5-8-2-3-9(11)16-8/h7-9,12H,2-6H2,1H3,(H,13,14). The SMILES string of the molecule is COCC(O)CC1(C(=O)O)CC2CCC1O2. The number of hydrogen-bond donors (Lipinski definition) is 2.